The number of halogens is 1. The van der Waals surface area contributed by atoms with Gasteiger partial charge < -0.3 is 14.8 Å². The first-order valence-electron chi connectivity index (χ1n) is 8.02. The van der Waals surface area contributed by atoms with Crippen LogP contribution in [0.4, 0.5) is 5.69 Å². The van der Waals surface area contributed by atoms with E-state index in [0.29, 0.717) is 24.5 Å². The quantitative estimate of drug-likeness (QED) is 0.650. The number of rotatable bonds is 8. The molecular weight excluding hydrogens is 392 g/mol. The van der Waals surface area contributed by atoms with Gasteiger partial charge >= 0.3 is 0 Å². The van der Waals surface area contributed by atoms with Gasteiger partial charge in [-0.2, -0.15) is 0 Å². The van der Waals surface area contributed by atoms with Gasteiger partial charge in [-0.3, -0.25) is 9.52 Å². The van der Waals surface area contributed by atoms with E-state index in [1.54, 1.807) is 19.1 Å². The monoisotopic (exact) mass is 412 g/mol. The van der Waals surface area contributed by atoms with Crippen molar-refractivity contribution in [3.63, 3.8) is 0 Å². The molecule has 0 atom stereocenters. The maximum absolute atomic E-state index is 12.7. The predicted molar refractivity (Wildman–Crippen MR) is 104 cm³/mol. The van der Waals surface area contributed by atoms with E-state index in [1.807, 2.05) is 0 Å². The van der Waals surface area contributed by atoms with Gasteiger partial charge in [-0.1, -0.05) is 17.7 Å². The standard InChI is InChI=1S/C18H21ClN2O5S/c1-12-4-6-14(11-15(12)18(22)20-8-9-25-2)27(23,24)21-13-5-7-17(26-3)16(19)10-13/h4-7,10-11,21H,8-9H2,1-3H3,(H,20,22). The van der Waals surface area contributed by atoms with Gasteiger partial charge in [0.1, 0.15) is 5.75 Å². The third-order valence-electron chi connectivity index (χ3n) is 3.76. The summed E-state index contributed by atoms with van der Waals surface area (Å²) in [5.74, 6) is 0.0686. The van der Waals surface area contributed by atoms with Crippen molar-refractivity contribution in [2.45, 2.75) is 11.8 Å². The van der Waals surface area contributed by atoms with Gasteiger partial charge in [0.15, 0.2) is 0 Å². The maximum atomic E-state index is 12.7. The molecule has 0 aliphatic rings. The molecule has 0 radical (unpaired) electrons. The van der Waals surface area contributed by atoms with E-state index in [-0.39, 0.29) is 27.1 Å². The van der Waals surface area contributed by atoms with Crippen LogP contribution in [-0.2, 0) is 14.8 Å². The van der Waals surface area contributed by atoms with E-state index >= 15 is 0 Å². The molecule has 0 saturated carbocycles. The number of anilines is 1. The summed E-state index contributed by atoms with van der Waals surface area (Å²) in [4.78, 5) is 12.2. The highest BCUT2D eigenvalue weighted by Crippen LogP contribution is 2.28. The Hall–Kier alpha value is -2.29. The molecule has 2 N–H and O–H groups in total. The summed E-state index contributed by atoms with van der Waals surface area (Å²) in [7, 11) is -0.903. The first kappa shape index (κ1) is 21.0. The van der Waals surface area contributed by atoms with Gasteiger partial charge in [-0.25, -0.2) is 8.42 Å². The average molecular weight is 413 g/mol. The van der Waals surface area contributed by atoms with Gasteiger partial charge in [0.25, 0.3) is 15.9 Å². The van der Waals surface area contributed by atoms with Crippen LogP contribution in [0.5, 0.6) is 5.75 Å². The molecule has 9 heteroatoms. The van der Waals surface area contributed by atoms with E-state index in [4.69, 9.17) is 21.1 Å². The molecule has 1 amide bonds. The summed E-state index contributed by atoms with van der Waals surface area (Å²) < 4.78 is 37.7. The Balaban J connectivity index is 2.26. The highest BCUT2D eigenvalue weighted by atomic mass is 35.5. The lowest BCUT2D eigenvalue weighted by atomic mass is 10.1. The SMILES string of the molecule is COCCNC(=O)c1cc(S(=O)(=O)Nc2ccc(OC)c(Cl)c2)ccc1C. The Kier molecular flexibility index (Phi) is 7.06. The van der Waals surface area contributed by atoms with Crippen LogP contribution in [0.1, 0.15) is 15.9 Å². The third-order valence-corrected chi connectivity index (χ3v) is 5.43. The molecule has 0 aliphatic carbocycles. The second-order valence-electron chi connectivity index (χ2n) is 5.68. The first-order valence-corrected chi connectivity index (χ1v) is 9.88. The number of hydrogen-bond acceptors (Lipinski definition) is 5. The fourth-order valence-electron chi connectivity index (χ4n) is 2.32. The molecule has 2 aromatic rings. The van der Waals surface area contributed by atoms with Crippen molar-refractivity contribution < 1.29 is 22.7 Å². The maximum Gasteiger partial charge on any atom is 0.261 e. The van der Waals surface area contributed by atoms with Crippen LogP contribution < -0.4 is 14.8 Å². The number of sulfonamides is 1. The number of nitrogens with one attached hydrogen (secondary N) is 2. The molecule has 0 heterocycles. The number of methoxy groups -OCH3 is 2. The first-order chi connectivity index (χ1) is 12.8. The topological polar surface area (TPSA) is 93.7 Å². The van der Waals surface area contributed by atoms with Gasteiger partial charge in [0, 0.05) is 19.2 Å². The fourth-order valence-corrected chi connectivity index (χ4v) is 3.65. The molecule has 7 nitrogen and oxygen atoms in total. The van der Waals surface area contributed by atoms with Crippen LogP contribution in [0.25, 0.3) is 0 Å². The molecule has 0 spiro atoms. The average Bonchev–Trinajstić information content (AvgIpc) is 2.62. The molecular formula is C18H21ClN2O5S. The number of amides is 1. The number of carbonyl (C=O) groups is 1. The van der Waals surface area contributed by atoms with Crippen molar-refractivity contribution in [1.29, 1.82) is 0 Å². The fraction of sp³-hybridized carbons (Fsp3) is 0.278. The number of ether oxygens (including phenoxy) is 2. The summed E-state index contributed by atoms with van der Waals surface area (Å²) in [5.41, 5.74) is 1.23. The van der Waals surface area contributed by atoms with Crippen LogP contribution >= 0.6 is 11.6 Å². The minimum absolute atomic E-state index is 0.0306. The molecule has 2 aromatic carbocycles. The second kappa shape index (κ2) is 9.07. The van der Waals surface area contributed by atoms with Crippen molar-refractivity contribution in [3.8, 4) is 5.75 Å². The zero-order chi connectivity index (χ0) is 20.0. The number of carbonyl (C=O) groups excluding carboxylic acids is 1. The van der Waals surface area contributed by atoms with Crippen LogP contribution in [0.15, 0.2) is 41.3 Å². The van der Waals surface area contributed by atoms with Crippen LogP contribution in [0.2, 0.25) is 5.02 Å². The highest BCUT2D eigenvalue weighted by Gasteiger charge is 2.18. The van der Waals surface area contributed by atoms with Crippen molar-refractivity contribution >= 4 is 33.2 Å². The number of benzene rings is 2. The third kappa shape index (κ3) is 5.35. The smallest absolute Gasteiger partial charge is 0.261 e. The van der Waals surface area contributed by atoms with Crippen molar-refractivity contribution in [2.75, 3.05) is 32.1 Å². The molecule has 146 valence electrons. The highest BCUT2D eigenvalue weighted by molar-refractivity contribution is 7.92. The Morgan fingerprint density at radius 3 is 2.52 bits per heavy atom. The Labute approximate surface area is 163 Å². The Bertz CT molecular complexity index is 931. The Morgan fingerprint density at radius 1 is 1.15 bits per heavy atom. The number of aryl methyl sites for hydroxylation is 1. The molecule has 0 bridgehead atoms. The van der Waals surface area contributed by atoms with Crippen LogP contribution in [0.3, 0.4) is 0 Å². The lowest BCUT2D eigenvalue weighted by molar-refractivity contribution is 0.0936. The summed E-state index contributed by atoms with van der Waals surface area (Å²) in [5, 5.41) is 2.96. The van der Waals surface area contributed by atoms with E-state index < -0.39 is 10.0 Å². The molecule has 0 aliphatic heterocycles. The van der Waals surface area contributed by atoms with Gasteiger partial charge in [0.2, 0.25) is 0 Å². The summed E-state index contributed by atoms with van der Waals surface area (Å²) in [6.07, 6.45) is 0. The zero-order valence-corrected chi connectivity index (χ0v) is 16.8. The Morgan fingerprint density at radius 2 is 1.89 bits per heavy atom. The summed E-state index contributed by atoms with van der Waals surface area (Å²) >= 11 is 6.03. The normalized spacial score (nSPS) is 11.1. The summed E-state index contributed by atoms with van der Waals surface area (Å²) in [6.45, 7) is 2.43. The molecule has 0 fully saturated rings. The number of hydrogen-bond donors (Lipinski definition) is 2. The zero-order valence-electron chi connectivity index (χ0n) is 15.2. The van der Waals surface area contributed by atoms with Gasteiger partial charge in [-0.05, 0) is 42.8 Å². The summed E-state index contributed by atoms with van der Waals surface area (Å²) in [6, 6.07) is 8.91. The molecule has 0 saturated heterocycles. The molecule has 27 heavy (non-hydrogen) atoms. The van der Waals surface area contributed by atoms with E-state index in [1.165, 1.54) is 38.5 Å². The van der Waals surface area contributed by atoms with Crippen molar-refractivity contribution in [1.82, 2.24) is 5.32 Å². The van der Waals surface area contributed by atoms with Crippen LogP contribution in [-0.4, -0.2) is 41.7 Å². The van der Waals surface area contributed by atoms with E-state index in [2.05, 4.69) is 10.0 Å². The van der Waals surface area contributed by atoms with Crippen LogP contribution in [0, 0.1) is 6.92 Å². The molecule has 0 unspecified atom stereocenters. The van der Waals surface area contributed by atoms with Crippen molar-refractivity contribution in [2.24, 2.45) is 0 Å². The largest absolute Gasteiger partial charge is 0.495 e. The second-order valence-corrected chi connectivity index (χ2v) is 7.77. The van der Waals surface area contributed by atoms with E-state index in [0.717, 1.165) is 0 Å². The van der Waals surface area contributed by atoms with Gasteiger partial charge in [-0.15, -0.1) is 0 Å². The van der Waals surface area contributed by atoms with E-state index in [9.17, 15) is 13.2 Å². The van der Waals surface area contributed by atoms with Crippen molar-refractivity contribution in [3.05, 3.63) is 52.5 Å². The molecule has 2 rings (SSSR count). The van der Waals surface area contributed by atoms with Gasteiger partial charge in [0.05, 0.1) is 29.3 Å². The predicted octanol–water partition coefficient (Wildman–Crippen LogP) is 2.83. The lowest BCUT2D eigenvalue weighted by Gasteiger charge is -2.12. The minimum Gasteiger partial charge on any atom is -0.495 e. The molecule has 0 aromatic heterocycles. The lowest BCUT2D eigenvalue weighted by Crippen LogP contribution is -2.28. The minimum atomic E-state index is -3.90.